The molecular formula is C20H21N3O3S. The van der Waals surface area contributed by atoms with E-state index in [0.29, 0.717) is 16.8 Å². The lowest BCUT2D eigenvalue weighted by atomic mass is 9.97. The summed E-state index contributed by atoms with van der Waals surface area (Å²) in [7, 11) is 1.59. The van der Waals surface area contributed by atoms with Gasteiger partial charge in [0.15, 0.2) is 0 Å². The topological polar surface area (TPSA) is 73.2 Å². The summed E-state index contributed by atoms with van der Waals surface area (Å²) in [5, 5.41) is 3.54. The monoisotopic (exact) mass is 383 g/mol. The second-order valence-electron chi connectivity index (χ2n) is 6.74. The molecule has 0 fully saturated rings. The van der Waals surface area contributed by atoms with E-state index in [9.17, 15) is 9.59 Å². The van der Waals surface area contributed by atoms with E-state index in [0.717, 1.165) is 36.1 Å². The molecule has 0 bridgehead atoms. The van der Waals surface area contributed by atoms with Gasteiger partial charge in [-0.25, -0.2) is 4.98 Å². The van der Waals surface area contributed by atoms with Crippen LogP contribution in [0.5, 0.6) is 5.75 Å². The molecule has 0 aliphatic heterocycles. The Hall–Kier alpha value is -2.67. The number of aryl methyl sites for hydroxylation is 2. The summed E-state index contributed by atoms with van der Waals surface area (Å²) >= 11 is 1.61. The van der Waals surface area contributed by atoms with Crippen molar-refractivity contribution >= 4 is 33.1 Å². The number of carbonyl (C=O) groups is 1. The van der Waals surface area contributed by atoms with E-state index >= 15 is 0 Å². The normalized spacial score (nSPS) is 14.6. The summed E-state index contributed by atoms with van der Waals surface area (Å²) < 4.78 is 6.55. The van der Waals surface area contributed by atoms with Crippen LogP contribution in [-0.4, -0.2) is 22.6 Å². The number of ether oxygens (including phenoxy) is 1. The van der Waals surface area contributed by atoms with Crippen molar-refractivity contribution in [3.05, 3.63) is 51.4 Å². The minimum absolute atomic E-state index is 0.128. The highest BCUT2D eigenvalue weighted by Crippen LogP contribution is 2.33. The van der Waals surface area contributed by atoms with Crippen LogP contribution in [0.2, 0.25) is 0 Å². The number of rotatable bonds is 4. The van der Waals surface area contributed by atoms with Gasteiger partial charge in [0, 0.05) is 10.6 Å². The van der Waals surface area contributed by atoms with Gasteiger partial charge in [-0.3, -0.25) is 14.2 Å². The van der Waals surface area contributed by atoms with Crippen LogP contribution in [0.15, 0.2) is 35.4 Å². The molecule has 1 aromatic carbocycles. The first-order valence-electron chi connectivity index (χ1n) is 9.05. The molecular weight excluding hydrogens is 362 g/mol. The molecule has 6 nitrogen and oxygen atoms in total. The summed E-state index contributed by atoms with van der Waals surface area (Å²) in [5.74, 6) is 0.460. The van der Waals surface area contributed by atoms with Crippen molar-refractivity contribution in [1.82, 2.24) is 9.55 Å². The number of aromatic nitrogens is 2. The van der Waals surface area contributed by atoms with Gasteiger partial charge < -0.3 is 10.1 Å². The molecule has 0 radical (unpaired) electrons. The number of hydrogen-bond donors (Lipinski definition) is 1. The number of carbonyl (C=O) groups excluding carboxylic acids is 1. The summed E-state index contributed by atoms with van der Waals surface area (Å²) in [4.78, 5) is 32.3. The summed E-state index contributed by atoms with van der Waals surface area (Å²) in [5.41, 5.74) is 1.66. The van der Waals surface area contributed by atoms with Crippen molar-refractivity contribution in [3.63, 3.8) is 0 Å². The maximum absolute atomic E-state index is 13.1. The zero-order valence-corrected chi connectivity index (χ0v) is 16.1. The molecule has 1 aliphatic rings. The van der Waals surface area contributed by atoms with Gasteiger partial charge in [-0.1, -0.05) is 0 Å². The Morgan fingerprint density at radius 2 is 2.00 bits per heavy atom. The predicted molar refractivity (Wildman–Crippen MR) is 107 cm³/mol. The highest BCUT2D eigenvalue weighted by molar-refractivity contribution is 7.18. The highest BCUT2D eigenvalue weighted by atomic mass is 32.1. The molecule has 0 saturated heterocycles. The minimum atomic E-state index is -0.657. The first-order valence-corrected chi connectivity index (χ1v) is 9.86. The Labute approximate surface area is 160 Å². The largest absolute Gasteiger partial charge is 0.497 e. The van der Waals surface area contributed by atoms with Crippen molar-refractivity contribution in [2.75, 3.05) is 12.4 Å². The molecule has 0 unspecified atom stereocenters. The van der Waals surface area contributed by atoms with Crippen LogP contribution in [-0.2, 0) is 17.6 Å². The quantitative estimate of drug-likeness (QED) is 0.748. The standard InChI is InChI=1S/C20H21N3O3S/c1-12(18(24)22-13-7-9-14(26-2)10-8-13)23-11-21-19-17(20(23)25)15-5-3-4-6-16(15)27-19/h7-12H,3-6H2,1-2H3,(H,22,24)/t12-/m1/s1. The summed E-state index contributed by atoms with van der Waals surface area (Å²) in [6.45, 7) is 1.71. The molecule has 0 spiro atoms. The lowest BCUT2D eigenvalue weighted by Gasteiger charge is -2.15. The molecule has 0 saturated carbocycles. The van der Waals surface area contributed by atoms with Gasteiger partial charge in [-0.2, -0.15) is 0 Å². The zero-order chi connectivity index (χ0) is 19.0. The van der Waals surface area contributed by atoms with Crippen molar-refractivity contribution < 1.29 is 9.53 Å². The Balaban J connectivity index is 1.63. The fourth-order valence-corrected chi connectivity index (χ4v) is 4.70. The smallest absolute Gasteiger partial charge is 0.263 e. The number of methoxy groups -OCH3 is 1. The van der Waals surface area contributed by atoms with Crippen LogP contribution < -0.4 is 15.6 Å². The van der Waals surface area contributed by atoms with Gasteiger partial charge in [0.1, 0.15) is 16.6 Å². The molecule has 2 aromatic heterocycles. The lowest BCUT2D eigenvalue weighted by Crippen LogP contribution is -2.32. The number of nitrogens with one attached hydrogen (secondary N) is 1. The SMILES string of the molecule is COc1ccc(NC(=O)[C@@H](C)n2cnc3sc4c(c3c2=O)CCCC4)cc1. The Bertz CT molecular complexity index is 1050. The fraction of sp³-hybridized carbons (Fsp3) is 0.350. The maximum atomic E-state index is 13.1. The predicted octanol–water partition coefficient (Wildman–Crippen LogP) is 3.55. The third-order valence-electron chi connectivity index (χ3n) is 5.05. The highest BCUT2D eigenvalue weighted by Gasteiger charge is 2.23. The van der Waals surface area contributed by atoms with Gasteiger partial charge in [-0.15, -0.1) is 11.3 Å². The molecule has 27 heavy (non-hydrogen) atoms. The molecule has 1 atom stereocenters. The molecule has 1 amide bonds. The first kappa shape index (κ1) is 17.7. The first-order chi connectivity index (χ1) is 13.1. The van der Waals surface area contributed by atoms with Crippen LogP contribution in [0.4, 0.5) is 5.69 Å². The molecule has 7 heteroatoms. The number of nitrogens with zero attached hydrogens (tertiary/aromatic N) is 2. The van der Waals surface area contributed by atoms with E-state index in [4.69, 9.17) is 4.74 Å². The third-order valence-corrected chi connectivity index (χ3v) is 6.25. The average Bonchev–Trinajstić information content (AvgIpc) is 3.07. The Morgan fingerprint density at radius 1 is 1.26 bits per heavy atom. The molecule has 1 N–H and O–H groups in total. The Kier molecular flexibility index (Phi) is 4.70. The number of anilines is 1. The van der Waals surface area contributed by atoms with Crippen LogP contribution in [0.25, 0.3) is 10.2 Å². The molecule has 1 aliphatic carbocycles. The van der Waals surface area contributed by atoms with Crippen LogP contribution in [0, 0.1) is 0 Å². The van der Waals surface area contributed by atoms with E-state index in [2.05, 4.69) is 10.3 Å². The van der Waals surface area contributed by atoms with Gasteiger partial charge in [0.25, 0.3) is 5.56 Å². The second kappa shape index (κ2) is 7.15. The van der Waals surface area contributed by atoms with Crippen LogP contribution in [0.1, 0.15) is 36.2 Å². The van der Waals surface area contributed by atoms with Gasteiger partial charge in [0.05, 0.1) is 18.8 Å². The molecule has 3 aromatic rings. The van der Waals surface area contributed by atoms with E-state index in [1.54, 1.807) is 49.6 Å². The molecule has 2 heterocycles. The Morgan fingerprint density at radius 3 is 2.74 bits per heavy atom. The van der Waals surface area contributed by atoms with Crippen molar-refractivity contribution in [2.24, 2.45) is 0 Å². The summed E-state index contributed by atoms with van der Waals surface area (Å²) in [6, 6.07) is 6.43. The fourth-order valence-electron chi connectivity index (χ4n) is 3.48. The van der Waals surface area contributed by atoms with Crippen molar-refractivity contribution in [3.8, 4) is 5.75 Å². The number of fused-ring (bicyclic) bond motifs is 3. The van der Waals surface area contributed by atoms with Crippen molar-refractivity contribution in [1.29, 1.82) is 0 Å². The zero-order valence-electron chi connectivity index (χ0n) is 15.3. The summed E-state index contributed by atoms with van der Waals surface area (Å²) in [6.07, 6.45) is 5.69. The average molecular weight is 383 g/mol. The van der Waals surface area contributed by atoms with Crippen LogP contribution in [0.3, 0.4) is 0 Å². The minimum Gasteiger partial charge on any atom is -0.497 e. The van der Waals surface area contributed by atoms with Crippen LogP contribution >= 0.6 is 11.3 Å². The molecule has 4 rings (SSSR count). The third kappa shape index (κ3) is 3.23. The van der Waals surface area contributed by atoms with Gasteiger partial charge >= 0.3 is 0 Å². The number of hydrogen-bond acceptors (Lipinski definition) is 5. The maximum Gasteiger partial charge on any atom is 0.263 e. The van der Waals surface area contributed by atoms with E-state index < -0.39 is 6.04 Å². The van der Waals surface area contributed by atoms with Gasteiger partial charge in [0.2, 0.25) is 5.91 Å². The number of amides is 1. The van der Waals surface area contributed by atoms with E-state index in [1.807, 2.05) is 0 Å². The van der Waals surface area contributed by atoms with Crippen molar-refractivity contribution in [2.45, 2.75) is 38.6 Å². The van der Waals surface area contributed by atoms with E-state index in [-0.39, 0.29) is 11.5 Å². The second-order valence-corrected chi connectivity index (χ2v) is 7.83. The number of benzene rings is 1. The van der Waals surface area contributed by atoms with Gasteiger partial charge in [-0.05, 0) is 62.4 Å². The molecule has 140 valence electrons. The number of thiophene rings is 1. The lowest BCUT2D eigenvalue weighted by molar-refractivity contribution is -0.118. The van der Waals surface area contributed by atoms with E-state index in [1.165, 1.54) is 15.8 Å².